The Kier molecular flexibility index (Phi) is 429. The van der Waals surface area contributed by atoms with Gasteiger partial charge in [-0.1, -0.05) is 0 Å². The summed E-state index contributed by atoms with van der Waals surface area (Å²) in [6, 6.07) is 0. The van der Waals surface area contributed by atoms with Gasteiger partial charge in [0.15, 0.2) is 0 Å². The zero-order valence-electron chi connectivity index (χ0n) is 0.687. The van der Waals surface area contributed by atoms with Gasteiger partial charge in [-0.25, -0.2) is 0 Å². The Balaban J connectivity index is 0. The zero-order valence-corrected chi connectivity index (χ0v) is 2.83. The summed E-state index contributed by atoms with van der Waals surface area (Å²) in [5, 5.41) is 0. The first kappa shape index (κ1) is 60.1. The van der Waals surface area contributed by atoms with Crippen molar-refractivity contribution in [2.24, 2.45) is 0 Å². The average molecular weight is 140 g/mol. The molecule has 0 amide bonds. The van der Waals surface area contributed by atoms with Crippen molar-refractivity contribution in [3.8, 4) is 0 Å². The van der Waals surface area contributed by atoms with Gasteiger partial charge < -0.3 is 0 Å². The summed E-state index contributed by atoms with van der Waals surface area (Å²) in [7, 11) is 0. The first-order valence-electron chi connectivity index (χ1n) is 0. The first-order chi connectivity index (χ1) is 0. The molecule has 4 heteroatoms. The van der Waals surface area contributed by atoms with Crippen LogP contribution >= 0.6 is 0 Å². The molecule has 0 aromatic rings. The van der Waals surface area contributed by atoms with Crippen LogP contribution in [0.3, 0.4) is 0 Å². The molecule has 0 bridgehead atoms. The van der Waals surface area contributed by atoms with Crippen LogP contribution in [0, 0.1) is 0 Å². The summed E-state index contributed by atoms with van der Waals surface area (Å²) in [5.74, 6) is 0. The Hall–Kier alpha value is 1.26. The van der Waals surface area contributed by atoms with E-state index in [0.29, 0.717) is 0 Å². The van der Waals surface area contributed by atoms with E-state index in [1.165, 1.54) is 0 Å². The minimum absolute atomic E-state index is 0. The summed E-state index contributed by atoms with van der Waals surface area (Å²) in [6.45, 7) is 0. The van der Waals surface area contributed by atoms with Crippen LogP contribution in [0.15, 0.2) is 0 Å². The van der Waals surface area contributed by atoms with Crippen molar-refractivity contribution in [3.05, 3.63) is 0 Å². The van der Waals surface area contributed by atoms with E-state index in [4.69, 9.17) is 0 Å². The van der Waals surface area contributed by atoms with Crippen molar-refractivity contribution in [1.82, 2.24) is 0 Å². The van der Waals surface area contributed by atoms with Crippen LogP contribution in [0.4, 0.5) is 0 Å². The normalized spacial score (nSPS) is 0. The number of hydrogen-bond acceptors (Lipinski definition) is 0. The van der Waals surface area contributed by atoms with Crippen LogP contribution in [0.5, 0.6) is 0 Å². The summed E-state index contributed by atoms with van der Waals surface area (Å²) < 4.78 is 0. The number of rotatable bonds is 0. The molecule has 4 heavy (non-hydrogen) atoms. The quantitative estimate of drug-likeness (QED) is 0.337. The van der Waals surface area contributed by atoms with Crippen molar-refractivity contribution in [1.29, 1.82) is 0 Å². The SMILES string of the molecule is B.[BeH2].[Co].[Fe]. The Morgan fingerprint density at radius 3 is 1.00 bits per heavy atom. The topological polar surface area (TPSA) is 0 Å². The molecule has 0 fully saturated rings. The van der Waals surface area contributed by atoms with Gasteiger partial charge >= 0.3 is 10.1 Å². The maximum atomic E-state index is 0. The molecule has 0 aliphatic heterocycles. The largest absolute Gasteiger partial charge is 0 e. The van der Waals surface area contributed by atoms with Crippen LogP contribution in [-0.2, 0) is 33.8 Å². The molecular formula is H5BBeCoFe. The molecule has 0 rings (SSSR count). The maximum absolute atomic E-state index is 0. The summed E-state index contributed by atoms with van der Waals surface area (Å²) >= 11 is 0. The van der Waals surface area contributed by atoms with Gasteiger partial charge in [0.2, 0.25) is 0 Å². The zero-order chi connectivity index (χ0) is 0. The molecule has 0 aromatic heterocycles. The van der Waals surface area contributed by atoms with Gasteiger partial charge in [-0.15, -0.1) is 0 Å². The van der Waals surface area contributed by atoms with E-state index < -0.39 is 0 Å². The van der Waals surface area contributed by atoms with E-state index >= 15 is 0 Å². The minimum Gasteiger partial charge on any atom is 0 e. The Bertz CT molecular complexity index is 8.00. The van der Waals surface area contributed by atoms with Crippen molar-refractivity contribution < 1.29 is 33.8 Å². The fourth-order valence-corrected chi connectivity index (χ4v) is 0. The summed E-state index contributed by atoms with van der Waals surface area (Å²) in [5.41, 5.74) is 0. The second-order valence-electron chi connectivity index (χ2n) is 0. The van der Waals surface area contributed by atoms with Gasteiger partial charge in [-0.2, -0.15) is 0 Å². The van der Waals surface area contributed by atoms with E-state index in [1.807, 2.05) is 0 Å². The van der Waals surface area contributed by atoms with Crippen molar-refractivity contribution in [3.63, 3.8) is 0 Å². The van der Waals surface area contributed by atoms with Gasteiger partial charge in [0, 0.05) is 33.8 Å². The van der Waals surface area contributed by atoms with Crippen LogP contribution in [0.1, 0.15) is 0 Å². The Labute approximate surface area is 52.6 Å². The van der Waals surface area contributed by atoms with Crippen molar-refractivity contribution >= 4 is 18.5 Å². The van der Waals surface area contributed by atoms with Gasteiger partial charge in [0.05, 0.1) is 8.41 Å². The molecule has 0 spiro atoms. The van der Waals surface area contributed by atoms with Gasteiger partial charge in [-0.3, -0.25) is 0 Å². The second kappa shape index (κ2) is 28.5. The molecule has 0 N–H and O–H groups in total. The van der Waals surface area contributed by atoms with Gasteiger partial charge in [0.1, 0.15) is 0 Å². The predicted octanol–water partition coefficient (Wildman–Crippen LogP) is -2.11. The molecule has 0 aliphatic rings. The molecule has 0 nitrogen and oxygen atoms in total. The summed E-state index contributed by atoms with van der Waals surface area (Å²) in [6.07, 6.45) is 0. The molecule has 0 saturated carbocycles. The third-order valence-electron chi connectivity index (χ3n) is 0. The maximum Gasteiger partial charge on any atom is 0 e. The van der Waals surface area contributed by atoms with Crippen LogP contribution in [-0.4, -0.2) is 18.5 Å². The van der Waals surface area contributed by atoms with Crippen LogP contribution in [0.25, 0.3) is 0 Å². The van der Waals surface area contributed by atoms with E-state index in [1.54, 1.807) is 0 Å². The molecule has 27 valence electrons. The average Bonchev–Trinajstić information content (AvgIpc) is 0. The monoisotopic (exact) mass is 140 g/mol. The van der Waals surface area contributed by atoms with Gasteiger partial charge in [0.25, 0.3) is 0 Å². The molecule has 0 aliphatic carbocycles. The van der Waals surface area contributed by atoms with E-state index in [-0.39, 0.29) is 52.4 Å². The van der Waals surface area contributed by atoms with Crippen molar-refractivity contribution in [2.75, 3.05) is 0 Å². The molecule has 0 atom stereocenters. The molecular weight excluding hydrogens is 135 g/mol. The van der Waals surface area contributed by atoms with E-state index in [0.717, 1.165) is 0 Å². The third-order valence-corrected chi connectivity index (χ3v) is 0. The second-order valence-corrected chi connectivity index (χ2v) is 0. The first-order valence-corrected chi connectivity index (χ1v) is 0. The third kappa shape index (κ3) is 10.5. The van der Waals surface area contributed by atoms with E-state index in [9.17, 15) is 0 Å². The molecule has 0 aromatic carbocycles. The fraction of sp³-hybridized carbons (Fsp3) is 0. The molecule has 0 saturated heterocycles. The smallest absolute Gasteiger partial charge is 0 e. The van der Waals surface area contributed by atoms with Crippen LogP contribution in [0.2, 0.25) is 0 Å². The standard InChI is InChI=1S/BH3.Be.Co.Fe.2H/h1H3;;;;;. The minimum atomic E-state index is 0. The Morgan fingerprint density at radius 1 is 1.00 bits per heavy atom. The predicted molar refractivity (Wildman–Crippen MR) is 18.5 cm³/mol. The number of hydrogen-bond donors (Lipinski definition) is 0. The Morgan fingerprint density at radius 2 is 1.00 bits per heavy atom. The molecule has 0 heterocycles. The summed E-state index contributed by atoms with van der Waals surface area (Å²) in [4.78, 5) is 0. The van der Waals surface area contributed by atoms with Gasteiger partial charge in [-0.05, 0) is 0 Å². The van der Waals surface area contributed by atoms with Crippen LogP contribution < -0.4 is 0 Å². The fourth-order valence-electron chi connectivity index (χ4n) is 0. The van der Waals surface area contributed by atoms with Crippen molar-refractivity contribution in [2.45, 2.75) is 0 Å². The molecule has 1 radical (unpaired) electrons. The molecule has 0 unspecified atom stereocenters. The van der Waals surface area contributed by atoms with E-state index in [2.05, 4.69) is 0 Å².